The lowest BCUT2D eigenvalue weighted by Crippen LogP contribution is -2.22. The van der Waals surface area contributed by atoms with E-state index in [4.69, 9.17) is 4.74 Å². The van der Waals surface area contributed by atoms with Crippen LogP contribution >= 0.6 is 15.9 Å². The Morgan fingerprint density at radius 3 is 2.50 bits per heavy atom. The van der Waals surface area contributed by atoms with Crippen LogP contribution in [0.5, 0.6) is 5.75 Å². The molecular weight excluding hydrogens is 430 g/mol. The number of hydrogen-bond donors (Lipinski definition) is 2. The molecule has 0 atom stereocenters. The number of nitro benzene ring substituents is 1. The number of rotatable bonds is 6. The summed E-state index contributed by atoms with van der Waals surface area (Å²) in [7, 11) is -1.61. The van der Waals surface area contributed by atoms with Crippen LogP contribution in [0.4, 0.5) is 11.4 Å². The van der Waals surface area contributed by atoms with Crippen molar-refractivity contribution in [1.82, 2.24) is 5.32 Å². The van der Waals surface area contributed by atoms with E-state index in [1.165, 1.54) is 32.4 Å². The van der Waals surface area contributed by atoms with Crippen LogP contribution in [0.15, 0.2) is 45.8 Å². The molecule has 2 N–H and O–H groups in total. The number of nitrogens with zero attached hydrogens (tertiary/aromatic N) is 1. The Morgan fingerprint density at radius 2 is 1.92 bits per heavy atom. The van der Waals surface area contributed by atoms with Crippen molar-refractivity contribution >= 4 is 43.2 Å². The third kappa shape index (κ3) is 4.11. The van der Waals surface area contributed by atoms with E-state index in [9.17, 15) is 23.3 Å². The van der Waals surface area contributed by atoms with Gasteiger partial charge in [-0.05, 0) is 24.3 Å². The smallest absolute Gasteiger partial charge is 0.271 e. The summed E-state index contributed by atoms with van der Waals surface area (Å²) in [6, 6.07) is 7.60. The van der Waals surface area contributed by atoms with E-state index in [1.807, 2.05) is 0 Å². The Morgan fingerprint density at radius 1 is 1.23 bits per heavy atom. The first-order valence-corrected chi connectivity index (χ1v) is 9.34. The van der Waals surface area contributed by atoms with Gasteiger partial charge >= 0.3 is 0 Å². The van der Waals surface area contributed by atoms with E-state index in [0.29, 0.717) is 4.47 Å². The summed E-state index contributed by atoms with van der Waals surface area (Å²) in [4.78, 5) is 21.8. The topological polar surface area (TPSA) is 128 Å². The van der Waals surface area contributed by atoms with Gasteiger partial charge in [0.15, 0.2) is 0 Å². The van der Waals surface area contributed by atoms with E-state index in [-0.39, 0.29) is 17.0 Å². The lowest BCUT2D eigenvalue weighted by Gasteiger charge is -2.14. The molecule has 0 heterocycles. The van der Waals surface area contributed by atoms with Crippen LogP contribution in [-0.2, 0) is 10.0 Å². The number of anilines is 1. The molecule has 0 saturated carbocycles. The average Bonchev–Trinajstić information content (AvgIpc) is 2.61. The molecule has 0 aliphatic rings. The summed E-state index contributed by atoms with van der Waals surface area (Å²) >= 11 is 3.21. The number of hydrogen-bond acceptors (Lipinski definition) is 6. The van der Waals surface area contributed by atoms with Crippen LogP contribution in [0.1, 0.15) is 10.4 Å². The van der Waals surface area contributed by atoms with Crippen LogP contribution in [0.25, 0.3) is 0 Å². The molecule has 9 nitrogen and oxygen atoms in total. The summed E-state index contributed by atoms with van der Waals surface area (Å²) in [6.07, 6.45) is 0. The molecule has 1 amide bonds. The fourth-order valence-electron chi connectivity index (χ4n) is 2.12. The fraction of sp³-hybridized carbons (Fsp3) is 0.133. The van der Waals surface area contributed by atoms with Gasteiger partial charge in [-0.1, -0.05) is 15.9 Å². The number of carbonyl (C=O) groups is 1. The van der Waals surface area contributed by atoms with E-state index in [2.05, 4.69) is 26.0 Å². The Bertz CT molecular complexity index is 977. The molecule has 11 heteroatoms. The molecule has 0 unspecified atom stereocenters. The van der Waals surface area contributed by atoms with Crippen molar-refractivity contribution in [1.29, 1.82) is 0 Å². The number of benzene rings is 2. The monoisotopic (exact) mass is 443 g/mol. The first kappa shape index (κ1) is 19.7. The minimum absolute atomic E-state index is 0.0149. The molecule has 0 aromatic heterocycles. The number of halogens is 1. The van der Waals surface area contributed by atoms with Crippen LogP contribution in [0.2, 0.25) is 0 Å². The highest BCUT2D eigenvalue weighted by molar-refractivity contribution is 9.10. The number of sulfonamides is 1. The van der Waals surface area contributed by atoms with Crippen LogP contribution in [0.3, 0.4) is 0 Å². The first-order valence-electron chi connectivity index (χ1n) is 7.06. The van der Waals surface area contributed by atoms with Crippen molar-refractivity contribution in [2.75, 3.05) is 18.9 Å². The lowest BCUT2D eigenvalue weighted by molar-refractivity contribution is -0.385. The van der Waals surface area contributed by atoms with Gasteiger partial charge in [-0.3, -0.25) is 19.6 Å². The molecule has 2 aromatic carbocycles. The maximum absolute atomic E-state index is 12.7. The van der Waals surface area contributed by atoms with Gasteiger partial charge in [0.2, 0.25) is 0 Å². The van der Waals surface area contributed by atoms with Crippen LogP contribution < -0.4 is 14.8 Å². The summed E-state index contributed by atoms with van der Waals surface area (Å²) in [6.45, 7) is 0. The van der Waals surface area contributed by atoms with Gasteiger partial charge in [0.25, 0.3) is 21.6 Å². The SMILES string of the molecule is CNC(=O)c1cc(Br)ccc1NS(=O)(=O)c1cc([N+](=O)[O-])ccc1OC. The summed E-state index contributed by atoms with van der Waals surface area (Å²) in [5, 5.41) is 13.4. The van der Waals surface area contributed by atoms with Crippen molar-refractivity contribution in [3.63, 3.8) is 0 Å². The molecule has 0 bridgehead atoms. The van der Waals surface area contributed by atoms with Crippen molar-refractivity contribution in [2.24, 2.45) is 0 Å². The van der Waals surface area contributed by atoms with E-state index < -0.39 is 31.4 Å². The van der Waals surface area contributed by atoms with Crippen LogP contribution in [0, 0.1) is 10.1 Å². The number of carbonyl (C=O) groups excluding carboxylic acids is 1. The van der Waals surface area contributed by atoms with Gasteiger partial charge in [-0.15, -0.1) is 0 Å². The van der Waals surface area contributed by atoms with Gasteiger partial charge in [-0.25, -0.2) is 8.42 Å². The molecule has 26 heavy (non-hydrogen) atoms. The molecule has 0 radical (unpaired) electrons. The van der Waals surface area contributed by atoms with Crippen molar-refractivity contribution in [3.8, 4) is 5.75 Å². The van der Waals surface area contributed by atoms with Gasteiger partial charge in [0.05, 0.1) is 23.3 Å². The highest BCUT2D eigenvalue weighted by Gasteiger charge is 2.25. The molecule has 0 aliphatic heterocycles. The second-order valence-electron chi connectivity index (χ2n) is 4.97. The molecule has 0 spiro atoms. The third-order valence-electron chi connectivity index (χ3n) is 3.35. The van der Waals surface area contributed by atoms with Crippen molar-refractivity contribution in [2.45, 2.75) is 4.90 Å². The van der Waals surface area contributed by atoms with Gasteiger partial charge in [0.1, 0.15) is 10.6 Å². The Balaban J connectivity index is 2.55. The summed E-state index contributed by atoms with van der Waals surface area (Å²) in [5.74, 6) is -0.572. The molecule has 0 aliphatic carbocycles. The lowest BCUT2D eigenvalue weighted by atomic mass is 10.2. The second kappa shape index (κ2) is 7.70. The van der Waals surface area contributed by atoms with Gasteiger partial charge < -0.3 is 10.1 Å². The molecule has 0 saturated heterocycles. The summed E-state index contributed by atoms with van der Waals surface area (Å²) in [5.41, 5.74) is -0.315. The van der Waals surface area contributed by atoms with E-state index >= 15 is 0 Å². The minimum atomic E-state index is -4.26. The first-order chi connectivity index (χ1) is 12.2. The standard InChI is InChI=1S/C15H14BrN3O6S/c1-17-15(20)11-7-9(16)3-5-12(11)18-26(23,24)14-8-10(19(21)22)4-6-13(14)25-2/h3-8,18H,1-2H3,(H,17,20). The van der Waals surface area contributed by atoms with Gasteiger partial charge in [0, 0.05) is 23.7 Å². The number of ether oxygens (including phenoxy) is 1. The minimum Gasteiger partial charge on any atom is -0.495 e. The zero-order chi connectivity index (χ0) is 19.5. The Hall–Kier alpha value is -2.66. The van der Waals surface area contributed by atoms with E-state index in [0.717, 1.165) is 12.1 Å². The average molecular weight is 444 g/mol. The van der Waals surface area contributed by atoms with Crippen molar-refractivity contribution < 1.29 is 22.9 Å². The predicted octanol–water partition coefficient (Wildman–Crippen LogP) is 2.53. The predicted molar refractivity (Wildman–Crippen MR) is 98.0 cm³/mol. The fourth-order valence-corrected chi connectivity index (χ4v) is 3.75. The van der Waals surface area contributed by atoms with E-state index in [1.54, 1.807) is 6.07 Å². The highest BCUT2D eigenvalue weighted by Crippen LogP contribution is 2.31. The molecular formula is C15H14BrN3O6S. The number of nitro groups is 1. The van der Waals surface area contributed by atoms with Crippen molar-refractivity contribution in [3.05, 3.63) is 56.5 Å². The zero-order valence-corrected chi connectivity index (χ0v) is 16.0. The molecule has 2 rings (SSSR count). The number of nitrogens with one attached hydrogen (secondary N) is 2. The quantitative estimate of drug-likeness (QED) is 0.521. The Labute approximate surface area is 157 Å². The maximum atomic E-state index is 12.7. The number of non-ortho nitro benzene ring substituents is 1. The Kier molecular flexibility index (Phi) is 5.83. The largest absolute Gasteiger partial charge is 0.495 e. The molecule has 138 valence electrons. The highest BCUT2D eigenvalue weighted by atomic mass is 79.9. The summed E-state index contributed by atoms with van der Waals surface area (Å²) < 4.78 is 33.3. The molecule has 2 aromatic rings. The maximum Gasteiger partial charge on any atom is 0.271 e. The number of amides is 1. The van der Waals surface area contributed by atoms with Gasteiger partial charge in [-0.2, -0.15) is 0 Å². The zero-order valence-electron chi connectivity index (χ0n) is 13.6. The third-order valence-corrected chi connectivity index (χ3v) is 5.23. The number of methoxy groups -OCH3 is 1. The van der Waals surface area contributed by atoms with Crippen LogP contribution in [-0.4, -0.2) is 33.4 Å². The normalized spacial score (nSPS) is 10.9. The molecule has 0 fully saturated rings. The second-order valence-corrected chi connectivity index (χ2v) is 7.53.